The Bertz CT molecular complexity index is 420. The summed E-state index contributed by atoms with van der Waals surface area (Å²) in [6, 6.07) is 3.81. The van der Waals surface area contributed by atoms with Gasteiger partial charge in [-0.05, 0) is 12.1 Å². The standard InChI is InChI=1S/C9H10N2O4.ClH/c1-10(2)7-4-3-6(9(12)13)5-8(7)11(14)15;/h3-5H,1-2H3,(H,12,13);1H. The molecule has 0 unspecified atom stereocenters. The minimum absolute atomic E-state index is 0. The topological polar surface area (TPSA) is 83.7 Å². The zero-order chi connectivity index (χ0) is 11.6. The quantitative estimate of drug-likeness (QED) is 0.649. The van der Waals surface area contributed by atoms with Gasteiger partial charge in [0, 0.05) is 20.2 Å². The molecule has 0 aliphatic rings. The second-order valence-corrected chi connectivity index (χ2v) is 3.16. The number of carboxylic acids is 1. The van der Waals surface area contributed by atoms with E-state index in [9.17, 15) is 14.9 Å². The van der Waals surface area contributed by atoms with Gasteiger partial charge in [-0.3, -0.25) is 10.1 Å². The smallest absolute Gasteiger partial charge is 0.335 e. The SMILES string of the molecule is CN(C)c1ccc(C(=O)O)cc1[N+](=O)[O-].Cl. The predicted molar refractivity (Wildman–Crippen MR) is 61.6 cm³/mol. The summed E-state index contributed by atoms with van der Waals surface area (Å²) in [6.45, 7) is 0. The van der Waals surface area contributed by atoms with Crippen molar-refractivity contribution in [2.24, 2.45) is 0 Å². The minimum Gasteiger partial charge on any atom is -0.478 e. The van der Waals surface area contributed by atoms with Crippen molar-refractivity contribution in [1.29, 1.82) is 0 Å². The molecule has 0 atom stereocenters. The average Bonchev–Trinajstić information content (AvgIpc) is 2.16. The van der Waals surface area contributed by atoms with Gasteiger partial charge in [0.25, 0.3) is 5.69 Å². The van der Waals surface area contributed by atoms with E-state index in [4.69, 9.17) is 5.11 Å². The Morgan fingerprint density at radius 1 is 1.44 bits per heavy atom. The van der Waals surface area contributed by atoms with Gasteiger partial charge in [0.1, 0.15) is 5.69 Å². The fourth-order valence-corrected chi connectivity index (χ4v) is 1.18. The van der Waals surface area contributed by atoms with Crippen LogP contribution in [0.3, 0.4) is 0 Å². The summed E-state index contributed by atoms with van der Waals surface area (Å²) in [5.74, 6) is -1.18. The lowest BCUT2D eigenvalue weighted by molar-refractivity contribution is -0.384. The Morgan fingerprint density at radius 3 is 2.38 bits per heavy atom. The number of rotatable bonds is 3. The van der Waals surface area contributed by atoms with Crippen molar-refractivity contribution >= 4 is 29.8 Å². The number of anilines is 1. The number of nitro benzene ring substituents is 1. The normalized spacial score (nSPS) is 9.12. The monoisotopic (exact) mass is 246 g/mol. The van der Waals surface area contributed by atoms with Crippen LogP contribution < -0.4 is 4.90 Å². The number of nitro groups is 1. The highest BCUT2D eigenvalue weighted by Gasteiger charge is 2.18. The van der Waals surface area contributed by atoms with Crippen LogP contribution >= 0.6 is 12.4 Å². The third kappa shape index (κ3) is 2.83. The van der Waals surface area contributed by atoms with Gasteiger partial charge in [0.15, 0.2) is 0 Å². The van der Waals surface area contributed by atoms with Crippen LogP contribution in [0.5, 0.6) is 0 Å². The molecule has 0 saturated heterocycles. The lowest BCUT2D eigenvalue weighted by atomic mass is 10.1. The van der Waals surface area contributed by atoms with E-state index in [-0.39, 0.29) is 23.7 Å². The molecule has 1 aromatic rings. The number of nitrogens with zero attached hydrogens (tertiary/aromatic N) is 2. The van der Waals surface area contributed by atoms with Crippen molar-refractivity contribution in [2.75, 3.05) is 19.0 Å². The van der Waals surface area contributed by atoms with Crippen LogP contribution in [0, 0.1) is 10.1 Å². The number of carbonyl (C=O) groups is 1. The summed E-state index contributed by atoms with van der Waals surface area (Å²) in [4.78, 5) is 22.3. The minimum atomic E-state index is -1.18. The molecule has 0 aromatic heterocycles. The molecule has 1 rings (SSSR count). The summed E-state index contributed by atoms with van der Waals surface area (Å²) < 4.78 is 0. The average molecular weight is 247 g/mol. The van der Waals surface area contributed by atoms with Crippen molar-refractivity contribution in [3.63, 3.8) is 0 Å². The maximum absolute atomic E-state index is 10.7. The number of halogens is 1. The Hall–Kier alpha value is -1.82. The van der Waals surface area contributed by atoms with Gasteiger partial charge in [-0.2, -0.15) is 0 Å². The number of carboxylic acid groups (broad SMARTS) is 1. The Labute approximate surface area is 98.0 Å². The van der Waals surface area contributed by atoms with Crippen LogP contribution in [0.2, 0.25) is 0 Å². The summed E-state index contributed by atoms with van der Waals surface area (Å²) in [6.07, 6.45) is 0. The van der Waals surface area contributed by atoms with E-state index in [0.717, 1.165) is 6.07 Å². The van der Waals surface area contributed by atoms with Crippen LogP contribution in [0.1, 0.15) is 10.4 Å². The van der Waals surface area contributed by atoms with Gasteiger partial charge >= 0.3 is 5.97 Å². The van der Waals surface area contributed by atoms with Crippen LogP contribution in [-0.4, -0.2) is 30.1 Å². The molecule has 0 saturated carbocycles. The van der Waals surface area contributed by atoms with E-state index in [2.05, 4.69) is 0 Å². The third-order valence-electron chi connectivity index (χ3n) is 1.90. The van der Waals surface area contributed by atoms with Crippen LogP contribution in [0.15, 0.2) is 18.2 Å². The first kappa shape index (κ1) is 14.2. The van der Waals surface area contributed by atoms with E-state index in [1.165, 1.54) is 12.1 Å². The lowest BCUT2D eigenvalue weighted by Crippen LogP contribution is -2.11. The maximum atomic E-state index is 10.7. The van der Waals surface area contributed by atoms with Crippen molar-refractivity contribution in [3.8, 4) is 0 Å². The summed E-state index contributed by atoms with van der Waals surface area (Å²) >= 11 is 0. The summed E-state index contributed by atoms with van der Waals surface area (Å²) in [7, 11) is 3.31. The zero-order valence-corrected chi connectivity index (χ0v) is 9.52. The number of hydrogen-bond donors (Lipinski definition) is 1. The van der Waals surface area contributed by atoms with Crippen molar-refractivity contribution in [3.05, 3.63) is 33.9 Å². The largest absolute Gasteiger partial charge is 0.478 e. The summed E-state index contributed by atoms with van der Waals surface area (Å²) in [5, 5.41) is 19.4. The van der Waals surface area contributed by atoms with Crippen LogP contribution in [-0.2, 0) is 0 Å². The molecule has 6 nitrogen and oxygen atoms in total. The molecule has 16 heavy (non-hydrogen) atoms. The molecule has 0 fully saturated rings. The fraction of sp³-hybridized carbons (Fsp3) is 0.222. The molecular formula is C9H11ClN2O4. The molecule has 0 radical (unpaired) electrons. The van der Waals surface area contributed by atoms with E-state index < -0.39 is 10.9 Å². The fourth-order valence-electron chi connectivity index (χ4n) is 1.18. The van der Waals surface area contributed by atoms with Crippen LogP contribution in [0.4, 0.5) is 11.4 Å². The van der Waals surface area contributed by atoms with Gasteiger partial charge in [0.05, 0.1) is 10.5 Å². The molecule has 0 aliphatic heterocycles. The molecule has 0 spiro atoms. The number of benzene rings is 1. The highest BCUT2D eigenvalue weighted by Crippen LogP contribution is 2.27. The summed E-state index contributed by atoms with van der Waals surface area (Å²) in [5.41, 5.74) is 0.0807. The Balaban J connectivity index is 0.00000225. The van der Waals surface area contributed by atoms with Crippen molar-refractivity contribution in [1.82, 2.24) is 0 Å². The molecule has 0 bridgehead atoms. The number of aromatic carboxylic acids is 1. The van der Waals surface area contributed by atoms with Gasteiger partial charge in [0.2, 0.25) is 0 Å². The van der Waals surface area contributed by atoms with Gasteiger partial charge < -0.3 is 10.0 Å². The molecule has 88 valence electrons. The van der Waals surface area contributed by atoms with E-state index in [1.807, 2.05) is 0 Å². The number of hydrogen-bond acceptors (Lipinski definition) is 4. The van der Waals surface area contributed by atoms with Crippen molar-refractivity contribution in [2.45, 2.75) is 0 Å². The molecule has 0 aliphatic carbocycles. The molecule has 0 heterocycles. The molecular weight excluding hydrogens is 236 g/mol. The second kappa shape index (κ2) is 5.32. The lowest BCUT2D eigenvalue weighted by Gasteiger charge is -2.12. The first-order valence-electron chi connectivity index (χ1n) is 4.12. The van der Waals surface area contributed by atoms with Crippen molar-refractivity contribution < 1.29 is 14.8 Å². The molecule has 1 aromatic carbocycles. The van der Waals surface area contributed by atoms with E-state index >= 15 is 0 Å². The van der Waals surface area contributed by atoms with E-state index in [1.54, 1.807) is 19.0 Å². The first-order chi connectivity index (χ1) is 6.93. The molecule has 1 N–H and O–H groups in total. The second-order valence-electron chi connectivity index (χ2n) is 3.16. The highest BCUT2D eigenvalue weighted by atomic mass is 35.5. The Morgan fingerprint density at radius 2 is 2.00 bits per heavy atom. The van der Waals surface area contributed by atoms with Gasteiger partial charge in [-0.1, -0.05) is 0 Å². The molecule has 0 amide bonds. The van der Waals surface area contributed by atoms with E-state index in [0.29, 0.717) is 5.69 Å². The van der Waals surface area contributed by atoms with Crippen LogP contribution in [0.25, 0.3) is 0 Å². The third-order valence-corrected chi connectivity index (χ3v) is 1.90. The first-order valence-corrected chi connectivity index (χ1v) is 4.12. The molecule has 7 heteroatoms. The predicted octanol–water partition coefficient (Wildman–Crippen LogP) is 1.78. The maximum Gasteiger partial charge on any atom is 0.335 e. The Kier molecular flexibility index (Phi) is 4.71. The highest BCUT2D eigenvalue weighted by molar-refractivity contribution is 5.89. The van der Waals surface area contributed by atoms with Gasteiger partial charge in [-0.15, -0.1) is 12.4 Å². The van der Waals surface area contributed by atoms with Gasteiger partial charge in [-0.25, -0.2) is 4.79 Å². The zero-order valence-electron chi connectivity index (χ0n) is 8.71.